The molecule has 9 heteroatoms. The van der Waals surface area contributed by atoms with Crippen molar-refractivity contribution in [2.75, 3.05) is 26.2 Å². The normalized spacial score (nSPS) is 21.4. The van der Waals surface area contributed by atoms with Crippen LogP contribution < -0.4 is 5.32 Å². The minimum atomic E-state index is -3.41. The summed E-state index contributed by atoms with van der Waals surface area (Å²) < 4.78 is 27.0. The first-order valence-corrected chi connectivity index (χ1v) is 11.7. The predicted molar refractivity (Wildman–Crippen MR) is 104 cm³/mol. The van der Waals surface area contributed by atoms with Gasteiger partial charge in [-0.3, -0.25) is 9.59 Å². The second-order valence-corrected chi connectivity index (χ2v) is 11.0. The van der Waals surface area contributed by atoms with Crippen LogP contribution in [-0.2, 0) is 26.2 Å². The van der Waals surface area contributed by atoms with Crippen LogP contribution in [0.3, 0.4) is 0 Å². The number of carbonyl (C=O) groups excluding carboxylic acids is 2. The van der Waals surface area contributed by atoms with Crippen molar-refractivity contribution in [2.45, 2.75) is 43.9 Å². The van der Waals surface area contributed by atoms with Crippen LogP contribution >= 0.6 is 11.3 Å². The molecule has 7 nitrogen and oxygen atoms in total. The van der Waals surface area contributed by atoms with Crippen LogP contribution in [0.25, 0.3) is 0 Å². The van der Waals surface area contributed by atoms with E-state index >= 15 is 0 Å². The van der Waals surface area contributed by atoms with Crippen LogP contribution in [0.5, 0.6) is 0 Å². The molecule has 27 heavy (non-hydrogen) atoms. The predicted octanol–water partition coefficient (Wildman–Crippen LogP) is 1.65. The van der Waals surface area contributed by atoms with Gasteiger partial charge in [0.2, 0.25) is 11.8 Å². The number of hydrogen-bond acceptors (Lipinski definition) is 5. The van der Waals surface area contributed by atoms with Crippen LogP contribution in [-0.4, -0.2) is 55.6 Å². The Balaban J connectivity index is 1.54. The van der Waals surface area contributed by atoms with Gasteiger partial charge in [0.1, 0.15) is 4.21 Å². The first-order chi connectivity index (χ1) is 12.8. The van der Waals surface area contributed by atoms with E-state index in [0.29, 0.717) is 36.3 Å². The van der Waals surface area contributed by atoms with E-state index in [1.54, 1.807) is 17.0 Å². The lowest BCUT2D eigenvalue weighted by Crippen LogP contribution is -2.33. The van der Waals surface area contributed by atoms with Gasteiger partial charge in [-0.25, -0.2) is 8.42 Å². The molecule has 0 bridgehead atoms. The van der Waals surface area contributed by atoms with Crippen LogP contribution in [0.1, 0.15) is 38.0 Å². The van der Waals surface area contributed by atoms with E-state index in [1.807, 2.05) is 13.8 Å². The molecule has 3 rings (SSSR count). The third kappa shape index (κ3) is 4.70. The van der Waals surface area contributed by atoms with Gasteiger partial charge in [0.25, 0.3) is 10.0 Å². The summed E-state index contributed by atoms with van der Waals surface area (Å²) in [4.78, 5) is 27.0. The lowest BCUT2D eigenvalue weighted by Gasteiger charge is -2.18. The lowest BCUT2D eigenvalue weighted by atomic mass is 10.1. The zero-order valence-electron chi connectivity index (χ0n) is 15.8. The van der Waals surface area contributed by atoms with Crippen molar-refractivity contribution >= 4 is 33.2 Å². The summed E-state index contributed by atoms with van der Waals surface area (Å²) >= 11 is 1.20. The topological polar surface area (TPSA) is 86.8 Å². The fraction of sp³-hybridized carbons (Fsp3) is 0.667. The SMILES string of the molecule is CC(C)CN1CC(C(=O)NCc2ccc(S(=O)(=O)N3CCCC3)s2)CC1=O. The number of carbonyl (C=O) groups is 2. The smallest absolute Gasteiger partial charge is 0.252 e. The van der Waals surface area contributed by atoms with Gasteiger partial charge in [-0.15, -0.1) is 11.3 Å². The fourth-order valence-corrected chi connectivity index (χ4v) is 6.50. The molecule has 0 spiro atoms. The molecule has 1 atom stereocenters. The number of likely N-dealkylation sites (tertiary alicyclic amines) is 1. The second-order valence-electron chi connectivity index (χ2n) is 7.64. The highest BCUT2D eigenvalue weighted by Crippen LogP contribution is 2.27. The Morgan fingerprint density at radius 3 is 2.67 bits per heavy atom. The molecule has 2 aliphatic heterocycles. The average molecular weight is 414 g/mol. The summed E-state index contributed by atoms with van der Waals surface area (Å²) in [6.07, 6.45) is 2.06. The first-order valence-electron chi connectivity index (χ1n) is 9.41. The Morgan fingerprint density at radius 2 is 2.00 bits per heavy atom. The van der Waals surface area contributed by atoms with Crippen LogP contribution in [0.15, 0.2) is 16.3 Å². The average Bonchev–Trinajstić information content (AvgIpc) is 3.34. The Labute approximate surface area is 164 Å². The second kappa shape index (κ2) is 8.28. The molecule has 1 unspecified atom stereocenters. The number of rotatable bonds is 7. The number of hydrogen-bond donors (Lipinski definition) is 1. The summed E-state index contributed by atoms with van der Waals surface area (Å²) in [6, 6.07) is 3.36. The molecule has 2 aliphatic rings. The number of nitrogens with one attached hydrogen (secondary N) is 1. The van der Waals surface area contributed by atoms with Crippen molar-refractivity contribution in [3.63, 3.8) is 0 Å². The van der Waals surface area contributed by atoms with Crippen molar-refractivity contribution in [3.05, 3.63) is 17.0 Å². The van der Waals surface area contributed by atoms with E-state index in [2.05, 4.69) is 5.32 Å². The number of thiophene rings is 1. The quantitative estimate of drug-likeness (QED) is 0.736. The minimum Gasteiger partial charge on any atom is -0.351 e. The van der Waals surface area contributed by atoms with Gasteiger partial charge >= 0.3 is 0 Å². The molecule has 1 aromatic rings. The van der Waals surface area contributed by atoms with Crippen molar-refractivity contribution in [1.82, 2.24) is 14.5 Å². The number of sulfonamides is 1. The van der Waals surface area contributed by atoms with E-state index < -0.39 is 10.0 Å². The van der Waals surface area contributed by atoms with E-state index in [9.17, 15) is 18.0 Å². The van der Waals surface area contributed by atoms with E-state index in [-0.39, 0.29) is 30.7 Å². The highest BCUT2D eigenvalue weighted by Gasteiger charge is 2.34. The molecule has 2 amide bonds. The van der Waals surface area contributed by atoms with Crippen molar-refractivity contribution in [3.8, 4) is 0 Å². The number of amides is 2. The Hall–Kier alpha value is -1.45. The standard InChI is InChI=1S/C18H27N3O4S2/c1-13(2)11-20-12-14(9-16(20)22)18(23)19-10-15-5-6-17(26-15)27(24,25)21-7-3-4-8-21/h5-6,13-14H,3-4,7-12H2,1-2H3,(H,19,23). The molecular weight excluding hydrogens is 386 g/mol. The summed E-state index contributed by atoms with van der Waals surface area (Å²) in [5.41, 5.74) is 0. The van der Waals surface area contributed by atoms with E-state index in [4.69, 9.17) is 0 Å². The maximum Gasteiger partial charge on any atom is 0.252 e. The highest BCUT2D eigenvalue weighted by atomic mass is 32.2. The highest BCUT2D eigenvalue weighted by molar-refractivity contribution is 7.91. The molecule has 0 aliphatic carbocycles. The maximum absolute atomic E-state index is 12.6. The summed E-state index contributed by atoms with van der Waals surface area (Å²) in [6.45, 7) is 6.67. The molecule has 150 valence electrons. The third-order valence-electron chi connectivity index (χ3n) is 4.90. The summed E-state index contributed by atoms with van der Waals surface area (Å²) in [7, 11) is -3.41. The summed E-state index contributed by atoms with van der Waals surface area (Å²) in [5.74, 6) is -0.0761. The summed E-state index contributed by atoms with van der Waals surface area (Å²) in [5, 5.41) is 2.85. The molecule has 3 heterocycles. The van der Waals surface area contributed by atoms with E-state index in [0.717, 1.165) is 17.7 Å². The van der Waals surface area contributed by atoms with E-state index in [1.165, 1.54) is 15.6 Å². The molecule has 2 saturated heterocycles. The largest absolute Gasteiger partial charge is 0.351 e. The monoisotopic (exact) mass is 413 g/mol. The van der Waals surface area contributed by atoms with Gasteiger partial charge in [0, 0.05) is 37.5 Å². The Bertz CT molecular complexity index is 797. The molecule has 2 fully saturated rings. The van der Waals surface area contributed by atoms with Crippen molar-refractivity contribution in [1.29, 1.82) is 0 Å². The molecular formula is C18H27N3O4S2. The minimum absolute atomic E-state index is 0.0268. The zero-order chi connectivity index (χ0) is 19.6. The Kier molecular flexibility index (Phi) is 6.22. The van der Waals surface area contributed by atoms with Gasteiger partial charge in [-0.1, -0.05) is 13.8 Å². The van der Waals surface area contributed by atoms with Crippen molar-refractivity contribution in [2.24, 2.45) is 11.8 Å². The lowest BCUT2D eigenvalue weighted by molar-refractivity contribution is -0.129. The Morgan fingerprint density at radius 1 is 1.30 bits per heavy atom. The molecule has 0 radical (unpaired) electrons. The van der Waals surface area contributed by atoms with Crippen molar-refractivity contribution < 1.29 is 18.0 Å². The first kappa shape index (κ1) is 20.3. The van der Waals surface area contributed by atoms with Gasteiger partial charge < -0.3 is 10.2 Å². The van der Waals surface area contributed by atoms with Crippen LogP contribution in [0, 0.1) is 11.8 Å². The maximum atomic E-state index is 12.6. The number of nitrogens with zero attached hydrogens (tertiary/aromatic N) is 2. The third-order valence-corrected chi connectivity index (χ3v) is 8.36. The molecule has 1 N–H and O–H groups in total. The molecule has 0 aromatic carbocycles. The van der Waals surface area contributed by atoms with Crippen LogP contribution in [0.2, 0.25) is 0 Å². The van der Waals surface area contributed by atoms with Gasteiger partial charge in [0.15, 0.2) is 0 Å². The van der Waals surface area contributed by atoms with Gasteiger partial charge in [-0.2, -0.15) is 4.31 Å². The van der Waals surface area contributed by atoms with Crippen LogP contribution in [0.4, 0.5) is 0 Å². The van der Waals surface area contributed by atoms with Gasteiger partial charge in [0.05, 0.1) is 12.5 Å². The molecule has 0 saturated carbocycles. The fourth-order valence-electron chi connectivity index (χ4n) is 3.53. The molecule has 1 aromatic heterocycles. The zero-order valence-corrected chi connectivity index (χ0v) is 17.4. The van der Waals surface area contributed by atoms with Gasteiger partial charge in [-0.05, 0) is 30.9 Å².